The van der Waals surface area contributed by atoms with Crippen LogP contribution in [0.25, 0.3) is 0 Å². The van der Waals surface area contributed by atoms with Gasteiger partial charge in [-0.1, -0.05) is 0 Å². The van der Waals surface area contributed by atoms with Gasteiger partial charge in [0.05, 0.1) is 13.1 Å². The number of nitrogens with zero attached hydrogens (tertiary/aromatic N) is 2. The highest BCUT2D eigenvalue weighted by Crippen LogP contribution is 2.13. The Bertz CT molecular complexity index is 567. The normalized spacial score (nSPS) is 23.5. The highest BCUT2D eigenvalue weighted by molar-refractivity contribution is 5.93. The fourth-order valence-electron chi connectivity index (χ4n) is 3.12. The maximum atomic E-state index is 12.7. The Morgan fingerprint density at radius 1 is 1.31 bits per heavy atom. The minimum Gasteiger partial charge on any atom is -0.354 e. The van der Waals surface area contributed by atoms with Gasteiger partial charge in [0.15, 0.2) is 0 Å². The highest BCUT2D eigenvalue weighted by Gasteiger charge is 2.38. The fraction of sp³-hybridized carbons (Fsp3) is 0.750. The maximum absolute atomic E-state index is 12.7. The zero-order chi connectivity index (χ0) is 19.3. The monoisotopic (exact) mass is 368 g/mol. The molecule has 2 saturated heterocycles. The molecule has 0 radical (unpaired) electrons. The van der Waals surface area contributed by atoms with E-state index in [4.69, 9.17) is 5.73 Å². The second kappa shape index (κ2) is 8.84. The number of carbonyl (C=O) groups is 4. The van der Waals surface area contributed by atoms with E-state index in [1.807, 2.05) is 13.8 Å². The number of rotatable bonds is 4. The van der Waals surface area contributed by atoms with E-state index in [1.54, 1.807) is 0 Å². The van der Waals surface area contributed by atoms with Crippen LogP contribution in [0, 0.1) is 0 Å². The SMILES string of the molecule is CC(C)NC(=O)N1CCN(C(=O)CN)C(C(=O)NC2CCCNC2=O)C1. The number of piperidine rings is 1. The molecule has 0 aliphatic carbocycles. The number of hydrogen-bond donors (Lipinski definition) is 4. The van der Waals surface area contributed by atoms with E-state index in [1.165, 1.54) is 9.80 Å². The van der Waals surface area contributed by atoms with Gasteiger partial charge in [-0.15, -0.1) is 0 Å². The molecule has 2 fully saturated rings. The van der Waals surface area contributed by atoms with Gasteiger partial charge in [-0.05, 0) is 26.7 Å². The third-order valence-corrected chi connectivity index (χ3v) is 4.48. The van der Waals surface area contributed by atoms with Gasteiger partial charge < -0.3 is 31.5 Å². The molecule has 5 N–H and O–H groups in total. The van der Waals surface area contributed by atoms with Gasteiger partial charge in [0, 0.05) is 25.7 Å². The molecule has 2 aliphatic heterocycles. The second-order valence-electron chi connectivity index (χ2n) is 6.85. The van der Waals surface area contributed by atoms with Gasteiger partial charge in [-0.25, -0.2) is 4.79 Å². The minimum absolute atomic E-state index is 0.0376. The maximum Gasteiger partial charge on any atom is 0.317 e. The standard InChI is InChI=1S/C16H28N6O4/c1-10(2)19-16(26)21-6-7-22(13(23)8-17)12(9-21)15(25)20-11-4-3-5-18-14(11)24/h10-12H,3-9,17H2,1-2H3,(H,18,24)(H,19,26)(H,20,25). The van der Waals surface area contributed by atoms with Crippen LogP contribution in [0.5, 0.6) is 0 Å². The topological polar surface area (TPSA) is 137 Å². The molecule has 2 rings (SSSR count). The van der Waals surface area contributed by atoms with Crippen LogP contribution in [0.2, 0.25) is 0 Å². The Kier molecular flexibility index (Phi) is 6.78. The van der Waals surface area contributed by atoms with E-state index in [-0.39, 0.29) is 43.5 Å². The van der Waals surface area contributed by atoms with Crippen molar-refractivity contribution >= 4 is 23.8 Å². The molecule has 0 aromatic carbocycles. The molecule has 0 aromatic heterocycles. The van der Waals surface area contributed by atoms with Crippen LogP contribution in [-0.2, 0) is 14.4 Å². The number of nitrogens with one attached hydrogen (secondary N) is 3. The number of nitrogens with two attached hydrogens (primary N) is 1. The first-order valence-corrected chi connectivity index (χ1v) is 8.96. The zero-order valence-electron chi connectivity index (χ0n) is 15.3. The van der Waals surface area contributed by atoms with Crippen molar-refractivity contribution in [2.24, 2.45) is 5.73 Å². The average molecular weight is 368 g/mol. The average Bonchev–Trinajstić information content (AvgIpc) is 2.61. The molecular formula is C16H28N6O4. The Morgan fingerprint density at radius 2 is 2.04 bits per heavy atom. The van der Waals surface area contributed by atoms with Crippen molar-refractivity contribution < 1.29 is 19.2 Å². The summed E-state index contributed by atoms with van der Waals surface area (Å²) in [5, 5.41) is 8.19. The Labute approximate surface area is 152 Å². The quantitative estimate of drug-likeness (QED) is 0.454. The van der Waals surface area contributed by atoms with Crippen LogP contribution in [0.15, 0.2) is 0 Å². The number of carbonyl (C=O) groups excluding carboxylic acids is 4. The lowest BCUT2D eigenvalue weighted by atomic mass is 10.1. The highest BCUT2D eigenvalue weighted by atomic mass is 16.2. The summed E-state index contributed by atoms with van der Waals surface area (Å²) in [5.41, 5.74) is 5.45. The second-order valence-corrected chi connectivity index (χ2v) is 6.85. The number of piperazine rings is 1. The summed E-state index contributed by atoms with van der Waals surface area (Å²) in [4.78, 5) is 51.9. The van der Waals surface area contributed by atoms with Crippen molar-refractivity contribution in [3.63, 3.8) is 0 Å². The molecule has 26 heavy (non-hydrogen) atoms. The molecule has 2 aliphatic rings. The van der Waals surface area contributed by atoms with Gasteiger partial charge in [0.25, 0.3) is 0 Å². The van der Waals surface area contributed by atoms with Gasteiger partial charge in [0.1, 0.15) is 12.1 Å². The number of hydrogen-bond acceptors (Lipinski definition) is 5. The largest absolute Gasteiger partial charge is 0.354 e. The Hall–Kier alpha value is -2.36. The van der Waals surface area contributed by atoms with Gasteiger partial charge in [0.2, 0.25) is 17.7 Å². The van der Waals surface area contributed by atoms with E-state index in [2.05, 4.69) is 16.0 Å². The fourth-order valence-corrected chi connectivity index (χ4v) is 3.12. The molecule has 0 aromatic rings. The van der Waals surface area contributed by atoms with Crippen molar-refractivity contribution in [3.05, 3.63) is 0 Å². The van der Waals surface area contributed by atoms with E-state index >= 15 is 0 Å². The summed E-state index contributed by atoms with van der Waals surface area (Å²) in [6.45, 7) is 4.66. The van der Waals surface area contributed by atoms with Crippen LogP contribution in [-0.4, -0.2) is 84.4 Å². The lowest BCUT2D eigenvalue weighted by molar-refractivity contribution is -0.143. The third-order valence-electron chi connectivity index (χ3n) is 4.48. The molecule has 2 heterocycles. The Morgan fingerprint density at radius 3 is 2.65 bits per heavy atom. The summed E-state index contributed by atoms with van der Waals surface area (Å²) in [7, 11) is 0. The molecule has 0 saturated carbocycles. The van der Waals surface area contributed by atoms with Crippen LogP contribution < -0.4 is 21.7 Å². The molecular weight excluding hydrogens is 340 g/mol. The number of amides is 5. The Balaban J connectivity index is 2.09. The van der Waals surface area contributed by atoms with Gasteiger partial charge in [-0.2, -0.15) is 0 Å². The van der Waals surface area contributed by atoms with E-state index in [9.17, 15) is 19.2 Å². The lowest BCUT2D eigenvalue weighted by Crippen LogP contribution is -2.65. The molecule has 146 valence electrons. The molecule has 0 spiro atoms. The third kappa shape index (κ3) is 4.84. The van der Waals surface area contributed by atoms with Crippen molar-refractivity contribution in [1.82, 2.24) is 25.8 Å². The molecule has 5 amide bonds. The lowest BCUT2D eigenvalue weighted by Gasteiger charge is -2.41. The smallest absolute Gasteiger partial charge is 0.317 e. The predicted octanol–water partition coefficient (Wildman–Crippen LogP) is -2.03. The van der Waals surface area contributed by atoms with Crippen molar-refractivity contribution in [1.29, 1.82) is 0 Å². The molecule has 2 atom stereocenters. The summed E-state index contributed by atoms with van der Waals surface area (Å²) in [5.74, 6) is -1.04. The van der Waals surface area contributed by atoms with E-state index < -0.39 is 18.0 Å². The van der Waals surface area contributed by atoms with E-state index in [0.29, 0.717) is 19.5 Å². The van der Waals surface area contributed by atoms with Gasteiger partial charge in [-0.3, -0.25) is 14.4 Å². The molecule has 10 nitrogen and oxygen atoms in total. The zero-order valence-corrected chi connectivity index (χ0v) is 15.3. The van der Waals surface area contributed by atoms with E-state index in [0.717, 1.165) is 6.42 Å². The van der Waals surface area contributed by atoms with Crippen LogP contribution in [0.1, 0.15) is 26.7 Å². The molecule has 2 unspecified atom stereocenters. The van der Waals surface area contributed by atoms with Crippen molar-refractivity contribution in [2.45, 2.75) is 44.8 Å². The molecule has 10 heteroatoms. The number of urea groups is 1. The first-order chi connectivity index (χ1) is 12.3. The summed E-state index contributed by atoms with van der Waals surface area (Å²) in [6, 6.07) is -1.81. The van der Waals surface area contributed by atoms with Crippen LogP contribution >= 0.6 is 0 Å². The van der Waals surface area contributed by atoms with Gasteiger partial charge >= 0.3 is 6.03 Å². The predicted molar refractivity (Wildman–Crippen MR) is 94.0 cm³/mol. The van der Waals surface area contributed by atoms with Crippen molar-refractivity contribution in [3.8, 4) is 0 Å². The minimum atomic E-state index is -0.868. The van der Waals surface area contributed by atoms with Crippen LogP contribution in [0.3, 0.4) is 0 Å². The van der Waals surface area contributed by atoms with Crippen molar-refractivity contribution in [2.75, 3.05) is 32.7 Å². The molecule has 0 bridgehead atoms. The summed E-state index contributed by atoms with van der Waals surface area (Å²) in [6.07, 6.45) is 1.32. The summed E-state index contributed by atoms with van der Waals surface area (Å²) < 4.78 is 0. The summed E-state index contributed by atoms with van der Waals surface area (Å²) >= 11 is 0. The first kappa shape index (κ1) is 20.0. The van der Waals surface area contributed by atoms with Crippen LogP contribution in [0.4, 0.5) is 4.79 Å². The first-order valence-electron chi connectivity index (χ1n) is 8.96.